The second-order valence-corrected chi connectivity index (χ2v) is 3.55. The van der Waals surface area contributed by atoms with Crippen LogP contribution < -0.4 is 5.73 Å². The maximum Gasteiger partial charge on any atom is 0.126 e. The summed E-state index contributed by atoms with van der Waals surface area (Å²) < 4.78 is 2.22. The van der Waals surface area contributed by atoms with Crippen LogP contribution in [0.1, 0.15) is 18.3 Å². The van der Waals surface area contributed by atoms with Crippen molar-refractivity contribution in [2.45, 2.75) is 19.0 Å². The number of hydrogen-bond acceptors (Lipinski definition) is 3. The Morgan fingerprint density at radius 3 is 3.38 bits per heavy atom. The van der Waals surface area contributed by atoms with Crippen LogP contribution in [0, 0.1) is 0 Å². The third kappa shape index (κ3) is 1.47. The van der Waals surface area contributed by atoms with Gasteiger partial charge in [0.2, 0.25) is 0 Å². The molecule has 0 bridgehead atoms. The molecular weight excluding hydrogens is 164 g/mol. The number of rotatable bonds is 3. The van der Waals surface area contributed by atoms with E-state index in [1.807, 2.05) is 12.4 Å². The lowest BCUT2D eigenvalue weighted by Crippen LogP contribution is -2.29. The molecule has 0 amide bonds. The van der Waals surface area contributed by atoms with Crippen LogP contribution in [0.25, 0.3) is 0 Å². The van der Waals surface area contributed by atoms with E-state index < -0.39 is 0 Å². The molecule has 2 N–H and O–H groups in total. The zero-order valence-corrected chi connectivity index (χ0v) is 7.98. The highest BCUT2D eigenvalue weighted by molar-refractivity contribution is 5.04. The minimum Gasteiger partial charge on any atom is -0.334 e. The van der Waals surface area contributed by atoms with Gasteiger partial charge in [-0.15, -0.1) is 0 Å². The highest BCUT2D eigenvalue weighted by Crippen LogP contribution is 2.28. The fourth-order valence-electron chi connectivity index (χ4n) is 1.97. The molecule has 0 fully saturated rings. The molecular formula is C9H16N4. The van der Waals surface area contributed by atoms with Gasteiger partial charge < -0.3 is 10.3 Å². The van der Waals surface area contributed by atoms with Crippen molar-refractivity contribution in [3.05, 3.63) is 18.2 Å². The van der Waals surface area contributed by atoms with Crippen molar-refractivity contribution in [2.24, 2.45) is 5.73 Å². The number of imidazole rings is 1. The quantitative estimate of drug-likeness (QED) is 0.723. The van der Waals surface area contributed by atoms with Gasteiger partial charge in [-0.1, -0.05) is 0 Å². The van der Waals surface area contributed by atoms with Crippen molar-refractivity contribution in [1.82, 2.24) is 14.5 Å². The Morgan fingerprint density at radius 2 is 2.62 bits per heavy atom. The number of fused-ring (bicyclic) bond motifs is 1. The lowest BCUT2D eigenvalue weighted by atomic mass is 10.2. The number of nitrogens with two attached hydrogens (primary N) is 1. The molecule has 1 unspecified atom stereocenters. The molecule has 4 heteroatoms. The molecule has 1 aliphatic heterocycles. The Hall–Kier alpha value is -0.870. The predicted molar refractivity (Wildman–Crippen MR) is 51.3 cm³/mol. The molecule has 72 valence electrons. The first-order valence-electron chi connectivity index (χ1n) is 4.74. The zero-order chi connectivity index (χ0) is 9.26. The van der Waals surface area contributed by atoms with Crippen LogP contribution in [0.5, 0.6) is 0 Å². The third-order valence-electron chi connectivity index (χ3n) is 2.70. The Labute approximate surface area is 78.4 Å². The van der Waals surface area contributed by atoms with E-state index in [1.165, 1.54) is 12.2 Å². The third-order valence-corrected chi connectivity index (χ3v) is 2.70. The molecule has 13 heavy (non-hydrogen) atoms. The van der Waals surface area contributed by atoms with Gasteiger partial charge in [-0.3, -0.25) is 4.90 Å². The van der Waals surface area contributed by atoms with Crippen LogP contribution in [-0.2, 0) is 6.54 Å². The van der Waals surface area contributed by atoms with Gasteiger partial charge in [-0.25, -0.2) is 4.98 Å². The molecule has 0 radical (unpaired) electrons. The van der Waals surface area contributed by atoms with E-state index in [0.717, 1.165) is 13.1 Å². The van der Waals surface area contributed by atoms with Crippen molar-refractivity contribution in [1.29, 1.82) is 0 Å². The highest BCUT2D eigenvalue weighted by atomic mass is 15.2. The first kappa shape index (κ1) is 8.72. The maximum atomic E-state index is 5.52. The molecule has 0 aliphatic carbocycles. The van der Waals surface area contributed by atoms with Crippen LogP contribution >= 0.6 is 0 Å². The van der Waals surface area contributed by atoms with Gasteiger partial charge >= 0.3 is 0 Å². The summed E-state index contributed by atoms with van der Waals surface area (Å²) in [6.07, 6.45) is 5.09. The number of aromatic nitrogens is 2. The van der Waals surface area contributed by atoms with Crippen molar-refractivity contribution in [3.8, 4) is 0 Å². The number of likely N-dealkylation sites (N-methyl/N-ethyl adjacent to an activating group) is 1. The summed E-state index contributed by atoms with van der Waals surface area (Å²) in [6, 6.07) is 0.471. The number of hydrogen-bond donors (Lipinski definition) is 1. The van der Waals surface area contributed by atoms with Crippen LogP contribution in [-0.4, -0.2) is 34.6 Å². The van der Waals surface area contributed by atoms with E-state index in [-0.39, 0.29) is 0 Å². The van der Waals surface area contributed by atoms with E-state index in [0.29, 0.717) is 12.6 Å². The van der Waals surface area contributed by atoms with Gasteiger partial charge in [0.15, 0.2) is 0 Å². The molecule has 0 aromatic carbocycles. The normalized spacial score (nSPS) is 21.0. The van der Waals surface area contributed by atoms with Crippen LogP contribution in [0.15, 0.2) is 12.4 Å². The van der Waals surface area contributed by atoms with Gasteiger partial charge in [0, 0.05) is 32.0 Å². The van der Waals surface area contributed by atoms with Crippen LogP contribution in [0.3, 0.4) is 0 Å². The fourth-order valence-corrected chi connectivity index (χ4v) is 1.97. The van der Waals surface area contributed by atoms with E-state index >= 15 is 0 Å². The monoisotopic (exact) mass is 180 g/mol. The van der Waals surface area contributed by atoms with Crippen molar-refractivity contribution < 1.29 is 0 Å². The molecule has 4 nitrogen and oxygen atoms in total. The van der Waals surface area contributed by atoms with Gasteiger partial charge in [0.1, 0.15) is 5.82 Å². The topological polar surface area (TPSA) is 47.1 Å². The summed E-state index contributed by atoms with van der Waals surface area (Å²) in [4.78, 5) is 6.65. The first-order valence-corrected chi connectivity index (χ1v) is 4.74. The minimum absolute atomic E-state index is 0.471. The summed E-state index contributed by atoms with van der Waals surface area (Å²) in [5, 5.41) is 0. The maximum absolute atomic E-state index is 5.52. The van der Waals surface area contributed by atoms with Gasteiger partial charge in [-0.05, 0) is 13.5 Å². The van der Waals surface area contributed by atoms with E-state index in [2.05, 4.69) is 21.5 Å². The molecule has 2 heterocycles. The van der Waals surface area contributed by atoms with Crippen molar-refractivity contribution in [3.63, 3.8) is 0 Å². The Kier molecular flexibility index (Phi) is 2.33. The lowest BCUT2D eigenvalue weighted by molar-refractivity contribution is 0.247. The molecule has 1 aliphatic rings. The largest absolute Gasteiger partial charge is 0.334 e. The zero-order valence-electron chi connectivity index (χ0n) is 7.98. The molecule has 1 atom stereocenters. The number of aryl methyl sites for hydroxylation is 1. The second kappa shape index (κ2) is 3.47. The van der Waals surface area contributed by atoms with Crippen LogP contribution in [0.2, 0.25) is 0 Å². The molecule has 0 spiro atoms. The van der Waals surface area contributed by atoms with Gasteiger partial charge in [0.05, 0.1) is 6.04 Å². The molecule has 1 aromatic heterocycles. The lowest BCUT2D eigenvalue weighted by Gasteiger charge is -2.21. The Bertz CT molecular complexity index is 281. The standard InChI is InChI=1S/C9H16N4/c1-12(6-3-10)8-2-5-13-7-4-11-9(8)13/h4,7-8H,2-3,5-6,10H2,1H3. The summed E-state index contributed by atoms with van der Waals surface area (Å²) in [5.41, 5.74) is 5.52. The summed E-state index contributed by atoms with van der Waals surface area (Å²) >= 11 is 0. The molecule has 0 saturated heterocycles. The van der Waals surface area contributed by atoms with Crippen LogP contribution in [0.4, 0.5) is 0 Å². The molecule has 1 aromatic rings. The van der Waals surface area contributed by atoms with E-state index in [1.54, 1.807) is 0 Å². The average Bonchev–Trinajstić information content (AvgIpc) is 2.62. The van der Waals surface area contributed by atoms with Crippen molar-refractivity contribution >= 4 is 0 Å². The summed E-state index contributed by atoms with van der Waals surface area (Å²) in [5.74, 6) is 1.19. The average molecular weight is 180 g/mol. The Balaban J connectivity index is 2.11. The summed E-state index contributed by atoms with van der Waals surface area (Å²) in [6.45, 7) is 2.75. The van der Waals surface area contributed by atoms with Crippen molar-refractivity contribution in [2.75, 3.05) is 20.1 Å². The Morgan fingerprint density at radius 1 is 1.77 bits per heavy atom. The van der Waals surface area contributed by atoms with Gasteiger partial charge in [0.25, 0.3) is 0 Å². The SMILES string of the molecule is CN(CCN)C1CCn2ccnc21. The fraction of sp³-hybridized carbons (Fsp3) is 0.667. The highest BCUT2D eigenvalue weighted by Gasteiger charge is 2.26. The predicted octanol–water partition coefficient (Wildman–Crippen LogP) is 0.218. The molecule has 2 rings (SSSR count). The van der Waals surface area contributed by atoms with E-state index in [4.69, 9.17) is 5.73 Å². The smallest absolute Gasteiger partial charge is 0.126 e. The summed E-state index contributed by atoms with van der Waals surface area (Å²) in [7, 11) is 2.11. The number of nitrogens with zero attached hydrogens (tertiary/aromatic N) is 3. The van der Waals surface area contributed by atoms with E-state index in [9.17, 15) is 0 Å². The van der Waals surface area contributed by atoms with Gasteiger partial charge in [-0.2, -0.15) is 0 Å². The first-order chi connectivity index (χ1) is 6.33. The second-order valence-electron chi connectivity index (χ2n) is 3.55. The minimum atomic E-state index is 0.471. The molecule has 0 saturated carbocycles.